The molecule has 0 aliphatic rings. The summed E-state index contributed by atoms with van der Waals surface area (Å²) >= 11 is 1.77. The van der Waals surface area contributed by atoms with Gasteiger partial charge in [-0.25, -0.2) is 0 Å². The largest absolute Gasteiger partial charge is 0.264 e. The average Bonchev–Trinajstić information content (AvgIpc) is 2.72. The van der Waals surface area contributed by atoms with Gasteiger partial charge in [0, 0.05) is 17.3 Å². The minimum Gasteiger partial charge on any atom is -0.264 e. The molecule has 14 heavy (non-hydrogen) atoms. The van der Waals surface area contributed by atoms with Crippen LogP contribution in [0.15, 0.2) is 42.0 Å². The Hall–Kier alpha value is -1.15. The molecule has 1 unspecified atom stereocenters. The summed E-state index contributed by atoms with van der Waals surface area (Å²) in [5.41, 5.74) is 1.25. The number of thiophene rings is 1. The molecule has 71 valence electrons. The van der Waals surface area contributed by atoms with Crippen LogP contribution in [0, 0.1) is 6.92 Å². The van der Waals surface area contributed by atoms with Crippen molar-refractivity contribution in [1.29, 1.82) is 0 Å². The van der Waals surface area contributed by atoms with Crippen LogP contribution in [0.1, 0.15) is 16.4 Å². The highest BCUT2D eigenvalue weighted by atomic mass is 32.1. The zero-order valence-electron chi connectivity index (χ0n) is 7.89. The molecule has 2 heterocycles. The summed E-state index contributed by atoms with van der Waals surface area (Å²) in [6.45, 7) is 4.16. The lowest BCUT2D eigenvalue weighted by atomic mass is 10.0. The summed E-state index contributed by atoms with van der Waals surface area (Å²) in [7, 11) is 0. The SMILES string of the molecule is [CH2]C(Cc1cccnc1)c1cccs1. The zero-order chi connectivity index (χ0) is 9.80. The number of hydrogen-bond donors (Lipinski definition) is 0. The number of aromatic nitrogens is 1. The molecule has 0 bridgehead atoms. The number of rotatable bonds is 3. The molecule has 0 fully saturated rings. The highest BCUT2D eigenvalue weighted by Crippen LogP contribution is 2.23. The molecule has 0 amide bonds. The van der Waals surface area contributed by atoms with Gasteiger partial charge in [0.1, 0.15) is 0 Å². The Balaban J connectivity index is 2.06. The first-order chi connectivity index (χ1) is 6.86. The van der Waals surface area contributed by atoms with E-state index < -0.39 is 0 Å². The number of pyridine rings is 1. The molecule has 1 nitrogen and oxygen atoms in total. The van der Waals surface area contributed by atoms with Crippen molar-refractivity contribution in [3.8, 4) is 0 Å². The fourth-order valence-corrected chi connectivity index (χ4v) is 2.17. The fourth-order valence-electron chi connectivity index (χ4n) is 1.43. The van der Waals surface area contributed by atoms with Gasteiger partial charge in [0.15, 0.2) is 0 Å². The van der Waals surface area contributed by atoms with Gasteiger partial charge in [-0.2, -0.15) is 0 Å². The van der Waals surface area contributed by atoms with E-state index in [1.54, 1.807) is 17.5 Å². The van der Waals surface area contributed by atoms with Gasteiger partial charge in [0.2, 0.25) is 0 Å². The minimum absolute atomic E-state index is 0.346. The lowest BCUT2D eigenvalue weighted by Gasteiger charge is -2.08. The predicted molar refractivity (Wildman–Crippen MR) is 60.4 cm³/mol. The molecule has 2 aromatic heterocycles. The lowest BCUT2D eigenvalue weighted by Crippen LogP contribution is -1.96. The van der Waals surface area contributed by atoms with E-state index in [2.05, 4.69) is 35.5 Å². The smallest absolute Gasteiger partial charge is 0.0300 e. The van der Waals surface area contributed by atoms with Gasteiger partial charge in [-0.3, -0.25) is 4.98 Å². The summed E-state index contributed by atoms with van der Waals surface area (Å²) < 4.78 is 0. The molecule has 2 aromatic rings. The standard InChI is InChI=1S/C12H12NS/c1-10(12-5-3-7-14-12)8-11-4-2-6-13-9-11/h2-7,9-10H,1,8H2. The van der Waals surface area contributed by atoms with Crippen molar-refractivity contribution in [3.05, 3.63) is 59.4 Å². The molecule has 0 N–H and O–H groups in total. The number of hydrogen-bond acceptors (Lipinski definition) is 2. The second kappa shape index (κ2) is 4.38. The van der Waals surface area contributed by atoms with Gasteiger partial charge < -0.3 is 0 Å². The Morgan fingerprint density at radius 2 is 2.29 bits per heavy atom. The highest BCUT2D eigenvalue weighted by Gasteiger charge is 2.07. The molecule has 2 heteroatoms. The van der Waals surface area contributed by atoms with Gasteiger partial charge in [-0.1, -0.05) is 12.1 Å². The van der Waals surface area contributed by atoms with Gasteiger partial charge in [0.25, 0.3) is 0 Å². The summed E-state index contributed by atoms with van der Waals surface area (Å²) in [6.07, 6.45) is 4.67. The zero-order valence-corrected chi connectivity index (χ0v) is 8.70. The van der Waals surface area contributed by atoms with Crippen molar-refractivity contribution >= 4 is 11.3 Å². The summed E-state index contributed by atoms with van der Waals surface area (Å²) in [4.78, 5) is 5.44. The van der Waals surface area contributed by atoms with Crippen LogP contribution in [0.2, 0.25) is 0 Å². The molecule has 2 rings (SSSR count). The van der Waals surface area contributed by atoms with Gasteiger partial charge >= 0.3 is 0 Å². The molecule has 0 aromatic carbocycles. The second-order valence-corrected chi connectivity index (χ2v) is 4.26. The predicted octanol–water partition coefficient (Wildman–Crippen LogP) is 3.30. The fraction of sp³-hybridized carbons (Fsp3) is 0.167. The van der Waals surface area contributed by atoms with E-state index in [9.17, 15) is 0 Å². The average molecular weight is 202 g/mol. The van der Waals surface area contributed by atoms with Crippen molar-refractivity contribution in [2.45, 2.75) is 12.3 Å². The Morgan fingerprint density at radius 1 is 1.36 bits per heavy atom. The van der Waals surface area contributed by atoms with Crippen molar-refractivity contribution in [2.75, 3.05) is 0 Å². The molecule has 1 radical (unpaired) electrons. The molecule has 0 saturated carbocycles. The van der Waals surface area contributed by atoms with Gasteiger partial charge in [-0.05, 0) is 42.3 Å². The maximum absolute atomic E-state index is 4.16. The molecule has 0 aliphatic carbocycles. The normalized spacial score (nSPS) is 12.6. The van der Waals surface area contributed by atoms with Crippen LogP contribution < -0.4 is 0 Å². The minimum atomic E-state index is 0.346. The topological polar surface area (TPSA) is 12.9 Å². The van der Waals surface area contributed by atoms with E-state index in [1.165, 1.54) is 10.4 Å². The Kier molecular flexibility index (Phi) is 2.94. The Bertz CT molecular complexity index is 366. The van der Waals surface area contributed by atoms with E-state index in [-0.39, 0.29) is 0 Å². The second-order valence-electron chi connectivity index (χ2n) is 3.28. The third-order valence-corrected chi connectivity index (χ3v) is 3.19. The monoisotopic (exact) mass is 202 g/mol. The first-order valence-electron chi connectivity index (χ1n) is 4.61. The third-order valence-electron chi connectivity index (χ3n) is 2.15. The van der Waals surface area contributed by atoms with Gasteiger partial charge in [0.05, 0.1) is 0 Å². The van der Waals surface area contributed by atoms with E-state index in [0.29, 0.717) is 5.92 Å². The highest BCUT2D eigenvalue weighted by molar-refractivity contribution is 7.10. The maximum atomic E-state index is 4.16. The van der Waals surface area contributed by atoms with Crippen molar-refractivity contribution in [3.63, 3.8) is 0 Å². The third kappa shape index (κ3) is 2.20. The van der Waals surface area contributed by atoms with Crippen molar-refractivity contribution < 1.29 is 0 Å². The molecule has 0 aliphatic heterocycles. The van der Waals surface area contributed by atoms with E-state index in [0.717, 1.165) is 6.42 Å². The van der Waals surface area contributed by atoms with E-state index in [4.69, 9.17) is 0 Å². The van der Waals surface area contributed by atoms with Crippen LogP contribution in [0.5, 0.6) is 0 Å². The van der Waals surface area contributed by atoms with Crippen LogP contribution in [-0.2, 0) is 6.42 Å². The molecule has 1 atom stereocenters. The molecular formula is C12H12NS. The van der Waals surface area contributed by atoms with Crippen molar-refractivity contribution in [1.82, 2.24) is 4.98 Å². The lowest BCUT2D eigenvalue weighted by molar-refractivity contribution is 0.845. The van der Waals surface area contributed by atoms with Crippen LogP contribution in [0.25, 0.3) is 0 Å². The first-order valence-corrected chi connectivity index (χ1v) is 5.49. The quantitative estimate of drug-likeness (QED) is 0.744. The van der Waals surface area contributed by atoms with E-state index >= 15 is 0 Å². The van der Waals surface area contributed by atoms with Crippen LogP contribution in [0.3, 0.4) is 0 Å². The number of nitrogens with zero attached hydrogens (tertiary/aromatic N) is 1. The molecule has 0 spiro atoms. The van der Waals surface area contributed by atoms with Crippen LogP contribution in [0.4, 0.5) is 0 Å². The molecular weight excluding hydrogens is 190 g/mol. The summed E-state index contributed by atoms with van der Waals surface area (Å²) in [6, 6.07) is 8.27. The van der Waals surface area contributed by atoms with Crippen molar-refractivity contribution in [2.24, 2.45) is 0 Å². The maximum Gasteiger partial charge on any atom is 0.0300 e. The van der Waals surface area contributed by atoms with Gasteiger partial charge in [-0.15, -0.1) is 11.3 Å². The van der Waals surface area contributed by atoms with Crippen LogP contribution in [-0.4, -0.2) is 4.98 Å². The van der Waals surface area contributed by atoms with E-state index in [1.807, 2.05) is 12.3 Å². The Labute approximate surface area is 88.4 Å². The Morgan fingerprint density at radius 3 is 2.93 bits per heavy atom. The summed E-state index contributed by atoms with van der Waals surface area (Å²) in [5.74, 6) is 0.346. The summed E-state index contributed by atoms with van der Waals surface area (Å²) in [5, 5.41) is 2.09. The molecule has 0 saturated heterocycles. The first kappa shape index (κ1) is 9.41. The van der Waals surface area contributed by atoms with Crippen LogP contribution >= 0.6 is 11.3 Å².